The van der Waals surface area contributed by atoms with E-state index in [2.05, 4.69) is 0 Å². The Morgan fingerprint density at radius 3 is 1.68 bits per heavy atom. The fraction of sp³-hybridized carbons (Fsp3) is 0.267. The molecule has 1 aromatic heterocycles. The molecular weight excluding hydrogens is 788 g/mol. The Kier molecular flexibility index (Phi) is 13.6. The van der Waals surface area contributed by atoms with Gasteiger partial charge in [0.15, 0.2) is 6.29 Å². The van der Waals surface area contributed by atoms with Crippen LogP contribution in [-0.2, 0) is 69.5 Å². The minimum atomic E-state index is -5.25. The van der Waals surface area contributed by atoms with Crippen LogP contribution in [0, 0.1) is 0 Å². The molecule has 1 aliphatic heterocycles. The average molecular weight is 830 g/mol. The van der Waals surface area contributed by atoms with Gasteiger partial charge in [0.1, 0.15) is 31.0 Å². The summed E-state index contributed by atoms with van der Waals surface area (Å²) in [4.78, 5) is 12.1. The number of hydrogen-bond acceptors (Lipinski definition) is 9. The van der Waals surface area contributed by atoms with Crippen LogP contribution in [0.2, 0.25) is 0 Å². The topological polar surface area (TPSA) is 112 Å². The molecule has 0 N–H and O–H groups in total. The molecule has 7 rings (SSSR count). The van der Waals surface area contributed by atoms with Gasteiger partial charge in [0, 0.05) is 11.6 Å². The van der Waals surface area contributed by atoms with E-state index in [4.69, 9.17) is 28.4 Å². The lowest BCUT2D eigenvalue weighted by molar-refractivity contribution is -0.327. The van der Waals surface area contributed by atoms with Crippen molar-refractivity contribution in [3.8, 4) is 0 Å². The summed E-state index contributed by atoms with van der Waals surface area (Å²) in [7, 11) is -3.95. The third-order valence-electron chi connectivity index (χ3n) is 9.77. The number of carbonyl (C=O) groups is 1. The van der Waals surface area contributed by atoms with Gasteiger partial charge in [-0.25, -0.2) is 17.2 Å². The number of esters is 1. The molecule has 0 radical (unpaired) electrons. The molecule has 0 amide bonds. The molecule has 5 aromatic carbocycles. The standard InChI is InChI=1S/C45H42F3NO9S/c46-45(47,48)44(50)57-31-39-40(54-28-32-15-5-1-6-16-32)41(55-29-33-17-7-2-8-18-33)42(56-30-34-19-9-3-10-20-34)43(58-39)53-26-25-35-27-49(38-24-14-13-23-37(35)38)59(51,52)36-21-11-4-12-22-36/h1-24,27,39-43H,25-26,28-31H2/t39-,40-,41+,42-,43-/m1/s1. The Morgan fingerprint density at radius 1 is 0.627 bits per heavy atom. The van der Waals surface area contributed by atoms with Gasteiger partial charge in [-0.15, -0.1) is 0 Å². The van der Waals surface area contributed by atoms with Gasteiger partial charge in [0.25, 0.3) is 10.0 Å². The van der Waals surface area contributed by atoms with Crippen LogP contribution in [0.25, 0.3) is 10.9 Å². The van der Waals surface area contributed by atoms with Crippen molar-refractivity contribution in [1.82, 2.24) is 3.97 Å². The van der Waals surface area contributed by atoms with Crippen LogP contribution in [0.4, 0.5) is 13.2 Å². The zero-order chi connectivity index (χ0) is 41.2. The Hall–Kier alpha value is -5.35. The summed E-state index contributed by atoms with van der Waals surface area (Å²) in [6.45, 7) is -0.690. The van der Waals surface area contributed by atoms with E-state index in [1.54, 1.807) is 42.6 Å². The van der Waals surface area contributed by atoms with Crippen molar-refractivity contribution in [2.24, 2.45) is 0 Å². The highest BCUT2D eigenvalue weighted by molar-refractivity contribution is 7.90. The highest BCUT2D eigenvalue weighted by Crippen LogP contribution is 2.33. The molecule has 0 saturated carbocycles. The molecule has 308 valence electrons. The van der Waals surface area contributed by atoms with Crippen LogP contribution >= 0.6 is 0 Å². The molecule has 0 aliphatic carbocycles. The van der Waals surface area contributed by atoms with Crippen LogP contribution in [0.3, 0.4) is 0 Å². The SMILES string of the molecule is O=C(OC[C@H]1O[C@@H](OCCc2cn(S(=O)(=O)c3ccccc3)c3ccccc23)[C@H](OCc2ccccc2)[C@@H](OCc2ccccc2)[C@@H]1OCc1ccccc1)C(F)(F)F. The Morgan fingerprint density at radius 2 is 1.12 bits per heavy atom. The molecule has 1 aliphatic rings. The number of fused-ring (bicyclic) bond motifs is 1. The molecule has 0 bridgehead atoms. The van der Waals surface area contributed by atoms with Crippen LogP contribution in [0.5, 0.6) is 0 Å². The lowest BCUT2D eigenvalue weighted by Crippen LogP contribution is -2.62. The second-order valence-corrected chi connectivity index (χ2v) is 15.6. The molecule has 14 heteroatoms. The molecule has 5 atom stereocenters. The van der Waals surface area contributed by atoms with Gasteiger partial charge >= 0.3 is 12.1 Å². The Bertz CT molecular complexity index is 2360. The van der Waals surface area contributed by atoms with E-state index in [9.17, 15) is 26.4 Å². The number of nitrogens with zero attached hydrogens (tertiary/aromatic N) is 1. The number of para-hydroxylation sites is 1. The summed E-state index contributed by atoms with van der Waals surface area (Å²) in [6, 6.07) is 43.0. The molecular formula is C45H42F3NO9S. The highest BCUT2D eigenvalue weighted by atomic mass is 32.2. The molecule has 59 heavy (non-hydrogen) atoms. The molecule has 6 aromatic rings. The van der Waals surface area contributed by atoms with Gasteiger partial charge in [0.2, 0.25) is 0 Å². The van der Waals surface area contributed by atoms with Crippen molar-refractivity contribution in [1.29, 1.82) is 0 Å². The average Bonchev–Trinajstić information content (AvgIpc) is 3.64. The first-order valence-electron chi connectivity index (χ1n) is 18.9. The number of ether oxygens (including phenoxy) is 6. The van der Waals surface area contributed by atoms with Crippen molar-refractivity contribution in [3.63, 3.8) is 0 Å². The van der Waals surface area contributed by atoms with E-state index in [1.165, 1.54) is 16.1 Å². The molecule has 1 saturated heterocycles. The van der Waals surface area contributed by atoms with Crippen LogP contribution < -0.4 is 0 Å². The lowest BCUT2D eigenvalue weighted by atomic mass is 9.97. The normalized spacial score (nSPS) is 19.7. The molecule has 2 heterocycles. The predicted octanol–water partition coefficient (Wildman–Crippen LogP) is 8.02. The third kappa shape index (κ3) is 10.5. The predicted molar refractivity (Wildman–Crippen MR) is 211 cm³/mol. The summed E-state index contributed by atoms with van der Waals surface area (Å²) >= 11 is 0. The zero-order valence-electron chi connectivity index (χ0n) is 31.7. The number of benzene rings is 5. The first kappa shape index (κ1) is 41.8. The second-order valence-electron chi connectivity index (χ2n) is 13.8. The Labute approximate surface area is 340 Å². The third-order valence-corrected chi connectivity index (χ3v) is 11.5. The number of alkyl halides is 3. The maximum absolute atomic E-state index is 13.8. The highest BCUT2D eigenvalue weighted by Gasteiger charge is 2.50. The van der Waals surface area contributed by atoms with Crippen LogP contribution in [0.15, 0.2) is 157 Å². The monoisotopic (exact) mass is 829 g/mol. The molecule has 10 nitrogen and oxygen atoms in total. The van der Waals surface area contributed by atoms with E-state index < -0.39 is 59.5 Å². The van der Waals surface area contributed by atoms with Gasteiger partial charge in [-0.1, -0.05) is 127 Å². The lowest BCUT2D eigenvalue weighted by Gasteiger charge is -2.45. The summed E-state index contributed by atoms with van der Waals surface area (Å²) < 4.78 is 106. The van der Waals surface area contributed by atoms with Crippen molar-refractivity contribution < 1.29 is 54.8 Å². The maximum Gasteiger partial charge on any atom is 0.490 e. The first-order chi connectivity index (χ1) is 28.6. The molecule has 0 unspecified atom stereocenters. The summed E-state index contributed by atoms with van der Waals surface area (Å²) in [5.41, 5.74) is 3.54. The van der Waals surface area contributed by atoms with E-state index in [1.807, 2.05) is 97.1 Å². The van der Waals surface area contributed by atoms with Gasteiger partial charge in [-0.3, -0.25) is 0 Å². The summed E-state index contributed by atoms with van der Waals surface area (Å²) in [5, 5.41) is 0.687. The summed E-state index contributed by atoms with van der Waals surface area (Å²) in [5.74, 6) is -2.38. The van der Waals surface area contributed by atoms with E-state index in [0.717, 1.165) is 16.7 Å². The second kappa shape index (κ2) is 19.1. The molecule has 1 fully saturated rings. The minimum absolute atomic E-state index is 0.0245. The fourth-order valence-electron chi connectivity index (χ4n) is 6.86. The smallest absolute Gasteiger partial charge is 0.456 e. The maximum atomic E-state index is 13.8. The number of rotatable bonds is 17. The van der Waals surface area contributed by atoms with Crippen molar-refractivity contribution in [2.45, 2.75) is 68.0 Å². The fourth-order valence-corrected chi connectivity index (χ4v) is 8.27. The van der Waals surface area contributed by atoms with Gasteiger partial charge < -0.3 is 28.4 Å². The van der Waals surface area contributed by atoms with Gasteiger partial charge in [0.05, 0.1) is 36.8 Å². The number of carbonyl (C=O) groups excluding carboxylic acids is 1. The quantitative estimate of drug-likeness (QED) is 0.0845. The van der Waals surface area contributed by atoms with Crippen LogP contribution in [-0.4, -0.2) is 68.5 Å². The van der Waals surface area contributed by atoms with E-state index in [0.29, 0.717) is 16.5 Å². The van der Waals surface area contributed by atoms with Crippen LogP contribution in [0.1, 0.15) is 22.3 Å². The Balaban J connectivity index is 1.21. The van der Waals surface area contributed by atoms with Crippen molar-refractivity contribution in [3.05, 3.63) is 174 Å². The number of aromatic nitrogens is 1. The first-order valence-corrected chi connectivity index (χ1v) is 20.4. The number of hydrogen-bond donors (Lipinski definition) is 0. The van der Waals surface area contributed by atoms with Gasteiger partial charge in [-0.2, -0.15) is 13.2 Å². The van der Waals surface area contributed by atoms with Gasteiger partial charge in [-0.05, 0) is 46.9 Å². The van der Waals surface area contributed by atoms with Crippen molar-refractivity contribution in [2.75, 3.05) is 13.2 Å². The largest absolute Gasteiger partial charge is 0.490 e. The summed E-state index contributed by atoms with van der Waals surface area (Å²) in [6.07, 6.45) is -9.20. The minimum Gasteiger partial charge on any atom is -0.456 e. The van der Waals surface area contributed by atoms with E-state index in [-0.39, 0.29) is 37.7 Å². The molecule has 0 spiro atoms. The zero-order valence-corrected chi connectivity index (χ0v) is 32.5. The van der Waals surface area contributed by atoms with E-state index >= 15 is 0 Å². The number of halogens is 3. The van der Waals surface area contributed by atoms with Crippen molar-refractivity contribution >= 4 is 26.9 Å².